The number of hydrogen-bond acceptors (Lipinski definition) is 2. The second kappa shape index (κ2) is 6.58. The van der Waals surface area contributed by atoms with Crippen LogP contribution in [-0.4, -0.2) is 7.11 Å². The maximum Gasteiger partial charge on any atom is 0.123 e. The van der Waals surface area contributed by atoms with E-state index in [1.807, 2.05) is 12.1 Å². The van der Waals surface area contributed by atoms with Crippen molar-refractivity contribution in [2.24, 2.45) is 0 Å². The molecule has 0 saturated carbocycles. The van der Waals surface area contributed by atoms with Gasteiger partial charge in [-0.25, -0.2) is 0 Å². The first kappa shape index (κ1) is 14.6. The van der Waals surface area contributed by atoms with Crippen LogP contribution in [0.25, 0.3) is 0 Å². The summed E-state index contributed by atoms with van der Waals surface area (Å²) in [5, 5.41) is 3.59. The van der Waals surface area contributed by atoms with Crippen LogP contribution < -0.4 is 10.1 Å². The molecule has 20 heavy (non-hydrogen) atoms. The maximum absolute atomic E-state index is 5.43. The standard InChI is InChI=1S/C18H23NO/c1-13-8-7-9-14(2)17(13)12-19-15(3)16-10-5-6-11-18(16)20-4/h5-11,15,19H,12H2,1-4H3. The summed E-state index contributed by atoms with van der Waals surface area (Å²) in [6.45, 7) is 7.37. The Morgan fingerprint density at radius 3 is 2.30 bits per heavy atom. The number of para-hydroxylation sites is 1. The van der Waals surface area contributed by atoms with Crippen molar-refractivity contribution in [3.63, 3.8) is 0 Å². The minimum Gasteiger partial charge on any atom is -0.496 e. The van der Waals surface area contributed by atoms with Gasteiger partial charge in [-0.15, -0.1) is 0 Å². The van der Waals surface area contributed by atoms with Gasteiger partial charge in [-0.2, -0.15) is 0 Å². The first-order chi connectivity index (χ1) is 9.63. The lowest BCUT2D eigenvalue weighted by Crippen LogP contribution is -2.19. The Kier molecular flexibility index (Phi) is 4.80. The van der Waals surface area contributed by atoms with Crippen LogP contribution in [0.15, 0.2) is 42.5 Å². The summed E-state index contributed by atoms with van der Waals surface area (Å²) >= 11 is 0. The van der Waals surface area contributed by atoms with Crippen LogP contribution in [-0.2, 0) is 6.54 Å². The van der Waals surface area contributed by atoms with Gasteiger partial charge >= 0.3 is 0 Å². The van der Waals surface area contributed by atoms with Crippen LogP contribution in [0.4, 0.5) is 0 Å². The third kappa shape index (κ3) is 3.20. The monoisotopic (exact) mass is 269 g/mol. The fourth-order valence-corrected chi connectivity index (χ4v) is 2.52. The lowest BCUT2D eigenvalue weighted by Gasteiger charge is -2.19. The summed E-state index contributed by atoms with van der Waals surface area (Å²) < 4.78 is 5.43. The molecule has 2 nitrogen and oxygen atoms in total. The Balaban J connectivity index is 2.11. The smallest absolute Gasteiger partial charge is 0.123 e. The molecule has 106 valence electrons. The number of ether oxygens (including phenoxy) is 1. The van der Waals surface area contributed by atoms with Crippen molar-refractivity contribution in [3.05, 3.63) is 64.7 Å². The molecule has 0 amide bonds. The Morgan fingerprint density at radius 2 is 1.65 bits per heavy atom. The van der Waals surface area contributed by atoms with Gasteiger partial charge in [-0.1, -0.05) is 36.4 Å². The zero-order valence-corrected chi connectivity index (χ0v) is 12.7. The van der Waals surface area contributed by atoms with E-state index in [9.17, 15) is 0 Å². The fraction of sp³-hybridized carbons (Fsp3) is 0.333. The number of methoxy groups -OCH3 is 1. The first-order valence-electron chi connectivity index (χ1n) is 7.05. The fourth-order valence-electron chi connectivity index (χ4n) is 2.52. The lowest BCUT2D eigenvalue weighted by atomic mass is 10.0. The predicted molar refractivity (Wildman–Crippen MR) is 84.2 cm³/mol. The molecule has 2 aromatic rings. The average Bonchev–Trinajstić information content (AvgIpc) is 2.46. The topological polar surface area (TPSA) is 21.3 Å². The second-order valence-corrected chi connectivity index (χ2v) is 5.21. The summed E-state index contributed by atoms with van der Waals surface area (Å²) in [6.07, 6.45) is 0. The van der Waals surface area contributed by atoms with Crippen LogP contribution >= 0.6 is 0 Å². The minimum atomic E-state index is 0.255. The van der Waals surface area contributed by atoms with E-state index in [0.717, 1.165) is 12.3 Å². The molecular formula is C18H23NO. The summed E-state index contributed by atoms with van der Waals surface area (Å²) in [6, 6.07) is 14.9. The zero-order valence-electron chi connectivity index (χ0n) is 12.7. The first-order valence-corrected chi connectivity index (χ1v) is 7.05. The van der Waals surface area contributed by atoms with Crippen LogP contribution in [0.2, 0.25) is 0 Å². The van der Waals surface area contributed by atoms with Gasteiger partial charge in [0.15, 0.2) is 0 Å². The van der Waals surface area contributed by atoms with Crippen molar-refractivity contribution in [1.82, 2.24) is 5.32 Å². The van der Waals surface area contributed by atoms with Gasteiger partial charge in [0.1, 0.15) is 5.75 Å². The average molecular weight is 269 g/mol. The van der Waals surface area contributed by atoms with Gasteiger partial charge < -0.3 is 10.1 Å². The Morgan fingerprint density at radius 1 is 1.00 bits per heavy atom. The van der Waals surface area contributed by atoms with Crippen molar-refractivity contribution in [2.75, 3.05) is 7.11 Å². The molecule has 0 aromatic heterocycles. The lowest BCUT2D eigenvalue weighted by molar-refractivity contribution is 0.401. The van der Waals surface area contributed by atoms with Gasteiger partial charge in [-0.3, -0.25) is 0 Å². The summed E-state index contributed by atoms with van der Waals surface area (Å²) in [5.74, 6) is 0.939. The molecule has 0 radical (unpaired) electrons. The van der Waals surface area contributed by atoms with Gasteiger partial charge in [0.25, 0.3) is 0 Å². The summed E-state index contributed by atoms with van der Waals surface area (Å²) in [4.78, 5) is 0. The van der Waals surface area contributed by atoms with E-state index in [0.29, 0.717) is 0 Å². The molecule has 0 aliphatic rings. The highest BCUT2D eigenvalue weighted by Gasteiger charge is 2.11. The van der Waals surface area contributed by atoms with E-state index in [-0.39, 0.29) is 6.04 Å². The molecule has 1 atom stereocenters. The number of aryl methyl sites for hydroxylation is 2. The number of benzene rings is 2. The van der Waals surface area contributed by atoms with E-state index in [1.54, 1.807) is 7.11 Å². The number of rotatable bonds is 5. The molecule has 1 N–H and O–H groups in total. The van der Waals surface area contributed by atoms with Crippen molar-refractivity contribution in [3.8, 4) is 5.75 Å². The Hall–Kier alpha value is -1.80. The normalized spacial score (nSPS) is 12.2. The van der Waals surface area contributed by atoms with Gasteiger partial charge in [0.05, 0.1) is 7.11 Å². The minimum absolute atomic E-state index is 0.255. The van der Waals surface area contributed by atoms with Gasteiger partial charge in [0.2, 0.25) is 0 Å². The molecule has 2 rings (SSSR count). The molecule has 2 heteroatoms. The molecule has 0 aliphatic heterocycles. The molecule has 2 aromatic carbocycles. The van der Waals surface area contributed by atoms with Crippen LogP contribution in [0.5, 0.6) is 5.75 Å². The highest BCUT2D eigenvalue weighted by atomic mass is 16.5. The Bertz CT molecular complexity index is 557. The third-order valence-electron chi connectivity index (χ3n) is 3.83. The predicted octanol–water partition coefficient (Wildman–Crippen LogP) is 4.16. The Labute approximate surface area is 121 Å². The van der Waals surface area contributed by atoms with Crippen LogP contribution in [0, 0.1) is 13.8 Å². The third-order valence-corrected chi connectivity index (χ3v) is 3.83. The molecule has 0 fully saturated rings. The highest BCUT2D eigenvalue weighted by molar-refractivity contribution is 5.36. The van der Waals surface area contributed by atoms with E-state index < -0.39 is 0 Å². The summed E-state index contributed by atoms with van der Waals surface area (Å²) in [5.41, 5.74) is 5.25. The van der Waals surface area contributed by atoms with Crippen LogP contribution in [0.1, 0.15) is 35.2 Å². The van der Waals surface area contributed by atoms with Crippen molar-refractivity contribution < 1.29 is 4.74 Å². The van der Waals surface area contributed by atoms with E-state index in [1.165, 1.54) is 22.3 Å². The molecule has 0 saturated heterocycles. The zero-order chi connectivity index (χ0) is 14.5. The number of hydrogen-bond donors (Lipinski definition) is 1. The quantitative estimate of drug-likeness (QED) is 0.880. The highest BCUT2D eigenvalue weighted by Crippen LogP contribution is 2.25. The molecule has 0 spiro atoms. The van der Waals surface area contributed by atoms with Crippen LogP contribution in [0.3, 0.4) is 0 Å². The SMILES string of the molecule is COc1ccccc1C(C)NCc1c(C)cccc1C. The number of nitrogens with one attached hydrogen (secondary N) is 1. The molecule has 0 bridgehead atoms. The molecule has 1 unspecified atom stereocenters. The largest absolute Gasteiger partial charge is 0.496 e. The molecule has 0 aliphatic carbocycles. The maximum atomic E-state index is 5.43. The van der Waals surface area contributed by atoms with Crippen molar-refractivity contribution >= 4 is 0 Å². The van der Waals surface area contributed by atoms with E-state index in [4.69, 9.17) is 4.74 Å². The van der Waals surface area contributed by atoms with Gasteiger partial charge in [0, 0.05) is 18.2 Å². The summed E-state index contributed by atoms with van der Waals surface area (Å²) in [7, 11) is 1.72. The van der Waals surface area contributed by atoms with Crippen molar-refractivity contribution in [1.29, 1.82) is 0 Å². The second-order valence-electron chi connectivity index (χ2n) is 5.21. The molecular weight excluding hydrogens is 246 g/mol. The van der Waals surface area contributed by atoms with E-state index >= 15 is 0 Å². The van der Waals surface area contributed by atoms with E-state index in [2.05, 4.69) is 56.4 Å². The van der Waals surface area contributed by atoms with Gasteiger partial charge in [-0.05, 0) is 43.5 Å². The molecule has 0 heterocycles. The van der Waals surface area contributed by atoms with Crippen molar-refractivity contribution in [2.45, 2.75) is 33.4 Å².